The van der Waals surface area contributed by atoms with Crippen molar-refractivity contribution >= 4 is 5.97 Å². The summed E-state index contributed by atoms with van der Waals surface area (Å²) in [6.07, 6.45) is 3.70. The van der Waals surface area contributed by atoms with Crippen molar-refractivity contribution in [2.24, 2.45) is 0 Å². The first-order valence-corrected chi connectivity index (χ1v) is 6.59. The van der Waals surface area contributed by atoms with Gasteiger partial charge >= 0.3 is 5.97 Å². The third-order valence-corrected chi connectivity index (χ3v) is 3.38. The van der Waals surface area contributed by atoms with Gasteiger partial charge in [0.1, 0.15) is 0 Å². The van der Waals surface area contributed by atoms with E-state index in [0.717, 1.165) is 19.5 Å². The molecule has 0 aliphatic carbocycles. The van der Waals surface area contributed by atoms with Crippen molar-refractivity contribution in [3.8, 4) is 0 Å². The second-order valence-corrected chi connectivity index (χ2v) is 5.89. The fraction of sp³-hybridized carbons (Fsp3) is 0.923. The van der Waals surface area contributed by atoms with E-state index < -0.39 is 5.97 Å². The molecule has 100 valence electrons. The van der Waals surface area contributed by atoms with Crippen LogP contribution >= 0.6 is 0 Å². The molecule has 1 aliphatic heterocycles. The number of nitrogens with zero attached hydrogens (tertiary/aromatic N) is 2. The molecule has 4 heteroatoms. The molecule has 4 nitrogen and oxygen atoms in total. The third-order valence-electron chi connectivity index (χ3n) is 3.38. The second-order valence-electron chi connectivity index (χ2n) is 5.89. The summed E-state index contributed by atoms with van der Waals surface area (Å²) >= 11 is 0. The minimum Gasteiger partial charge on any atom is -0.480 e. The Bertz CT molecular complexity index is 242. The van der Waals surface area contributed by atoms with Crippen LogP contribution in [0.4, 0.5) is 0 Å². The number of hydrogen-bond donors (Lipinski definition) is 1. The molecule has 0 spiro atoms. The van der Waals surface area contributed by atoms with Crippen molar-refractivity contribution in [3.05, 3.63) is 0 Å². The molecular weight excluding hydrogens is 216 g/mol. The van der Waals surface area contributed by atoms with E-state index in [2.05, 4.69) is 25.7 Å². The van der Waals surface area contributed by atoms with Gasteiger partial charge < -0.3 is 10.0 Å². The zero-order chi connectivity index (χ0) is 12.9. The summed E-state index contributed by atoms with van der Waals surface area (Å²) in [4.78, 5) is 15.3. The topological polar surface area (TPSA) is 43.8 Å². The molecule has 0 saturated carbocycles. The Balaban J connectivity index is 2.30. The van der Waals surface area contributed by atoms with Gasteiger partial charge in [0.15, 0.2) is 0 Å². The average Bonchev–Trinajstić information content (AvgIpc) is 2.67. The van der Waals surface area contributed by atoms with Gasteiger partial charge in [-0.25, -0.2) is 0 Å². The Labute approximate surface area is 105 Å². The molecule has 0 atom stereocenters. The lowest BCUT2D eigenvalue weighted by Gasteiger charge is -2.34. The SMILES string of the molecule is CC(C)(C)N(CCCN1CCCC1)CC(=O)O. The molecule has 1 fully saturated rings. The van der Waals surface area contributed by atoms with Gasteiger partial charge in [-0.05, 0) is 59.7 Å². The van der Waals surface area contributed by atoms with Crippen molar-refractivity contribution in [1.29, 1.82) is 0 Å². The third kappa shape index (κ3) is 5.50. The monoisotopic (exact) mass is 242 g/mol. The Kier molecular flexibility index (Phi) is 5.40. The fourth-order valence-corrected chi connectivity index (χ4v) is 2.31. The van der Waals surface area contributed by atoms with Gasteiger partial charge in [0.05, 0.1) is 6.54 Å². The summed E-state index contributed by atoms with van der Waals surface area (Å²) < 4.78 is 0. The molecule has 1 aliphatic rings. The van der Waals surface area contributed by atoms with Gasteiger partial charge in [0.25, 0.3) is 0 Å². The lowest BCUT2D eigenvalue weighted by atomic mass is 10.1. The molecule has 0 aromatic carbocycles. The molecule has 0 amide bonds. The van der Waals surface area contributed by atoms with Gasteiger partial charge in [-0.1, -0.05) is 0 Å². The maximum Gasteiger partial charge on any atom is 0.317 e. The Morgan fingerprint density at radius 3 is 2.35 bits per heavy atom. The van der Waals surface area contributed by atoms with E-state index in [4.69, 9.17) is 5.11 Å². The smallest absolute Gasteiger partial charge is 0.317 e. The van der Waals surface area contributed by atoms with Crippen LogP contribution in [0.1, 0.15) is 40.0 Å². The molecule has 1 rings (SSSR count). The van der Waals surface area contributed by atoms with Crippen LogP contribution in [0.25, 0.3) is 0 Å². The first kappa shape index (κ1) is 14.5. The van der Waals surface area contributed by atoms with Gasteiger partial charge in [-0.15, -0.1) is 0 Å². The molecule has 0 radical (unpaired) electrons. The lowest BCUT2D eigenvalue weighted by molar-refractivity contribution is -0.139. The molecule has 0 aromatic heterocycles. The molecule has 1 heterocycles. The van der Waals surface area contributed by atoms with E-state index in [0.29, 0.717) is 0 Å². The maximum absolute atomic E-state index is 10.8. The minimum atomic E-state index is -0.735. The van der Waals surface area contributed by atoms with E-state index in [1.807, 2.05) is 4.90 Å². The van der Waals surface area contributed by atoms with Crippen LogP contribution in [0.5, 0.6) is 0 Å². The Morgan fingerprint density at radius 1 is 1.29 bits per heavy atom. The molecular formula is C13H26N2O2. The van der Waals surface area contributed by atoms with E-state index in [1.54, 1.807) is 0 Å². The molecule has 1 saturated heterocycles. The van der Waals surface area contributed by atoms with E-state index >= 15 is 0 Å². The number of carboxylic acid groups (broad SMARTS) is 1. The van der Waals surface area contributed by atoms with Crippen molar-refractivity contribution in [3.63, 3.8) is 0 Å². The number of hydrogen-bond acceptors (Lipinski definition) is 3. The second kappa shape index (κ2) is 6.36. The summed E-state index contributed by atoms with van der Waals surface area (Å²) in [6, 6.07) is 0. The maximum atomic E-state index is 10.8. The van der Waals surface area contributed by atoms with Crippen molar-refractivity contribution in [1.82, 2.24) is 9.80 Å². The highest BCUT2D eigenvalue weighted by Crippen LogP contribution is 2.14. The van der Waals surface area contributed by atoms with Crippen LogP contribution in [-0.2, 0) is 4.79 Å². The van der Waals surface area contributed by atoms with Crippen molar-refractivity contribution < 1.29 is 9.90 Å². The summed E-state index contributed by atoms with van der Waals surface area (Å²) in [7, 11) is 0. The molecule has 0 unspecified atom stereocenters. The summed E-state index contributed by atoms with van der Waals surface area (Å²) in [5.74, 6) is -0.735. The number of carbonyl (C=O) groups is 1. The standard InChI is InChI=1S/C13H26N2O2/c1-13(2,3)15(11-12(16)17)10-6-9-14-7-4-5-8-14/h4-11H2,1-3H3,(H,16,17). The van der Waals surface area contributed by atoms with E-state index in [-0.39, 0.29) is 12.1 Å². The first-order chi connectivity index (χ1) is 7.89. The largest absolute Gasteiger partial charge is 0.480 e. The van der Waals surface area contributed by atoms with Crippen LogP contribution in [0.3, 0.4) is 0 Å². The van der Waals surface area contributed by atoms with Crippen molar-refractivity contribution in [2.45, 2.75) is 45.6 Å². The summed E-state index contributed by atoms with van der Waals surface area (Å²) in [6.45, 7) is 10.8. The molecule has 1 N–H and O–H groups in total. The van der Waals surface area contributed by atoms with E-state index in [9.17, 15) is 4.79 Å². The minimum absolute atomic E-state index is 0.0661. The first-order valence-electron chi connectivity index (χ1n) is 6.59. The quantitative estimate of drug-likeness (QED) is 0.769. The predicted molar refractivity (Wildman–Crippen MR) is 69.3 cm³/mol. The summed E-state index contributed by atoms with van der Waals surface area (Å²) in [5, 5.41) is 8.91. The number of likely N-dealkylation sites (tertiary alicyclic amines) is 1. The lowest BCUT2D eigenvalue weighted by Crippen LogP contribution is -2.45. The van der Waals surface area contributed by atoms with Gasteiger partial charge in [-0.3, -0.25) is 9.69 Å². The Hall–Kier alpha value is -0.610. The normalized spacial score (nSPS) is 17.9. The van der Waals surface area contributed by atoms with Crippen LogP contribution in [0, 0.1) is 0 Å². The highest BCUT2D eigenvalue weighted by Gasteiger charge is 2.23. The summed E-state index contributed by atoms with van der Waals surface area (Å²) in [5.41, 5.74) is -0.0661. The zero-order valence-corrected chi connectivity index (χ0v) is 11.4. The predicted octanol–water partition coefficient (Wildman–Crippen LogP) is 1.66. The van der Waals surface area contributed by atoms with Crippen LogP contribution in [0.15, 0.2) is 0 Å². The van der Waals surface area contributed by atoms with Gasteiger partial charge in [-0.2, -0.15) is 0 Å². The Morgan fingerprint density at radius 2 is 1.88 bits per heavy atom. The van der Waals surface area contributed by atoms with Crippen LogP contribution in [-0.4, -0.2) is 59.1 Å². The van der Waals surface area contributed by atoms with Gasteiger partial charge in [0.2, 0.25) is 0 Å². The molecule has 0 aromatic rings. The zero-order valence-electron chi connectivity index (χ0n) is 11.4. The van der Waals surface area contributed by atoms with Crippen LogP contribution in [0.2, 0.25) is 0 Å². The highest BCUT2D eigenvalue weighted by atomic mass is 16.4. The number of carboxylic acids is 1. The number of aliphatic carboxylic acids is 1. The number of rotatable bonds is 6. The molecule has 0 bridgehead atoms. The molecule has 17 heavy (non-hydrogen) atoms. The fourth-order valence-electron chi connectivity index (χ4n) is 2.31. The van der Waals surface area contributed by atoms with Crippen LogP contribution < -0.4 is 0 Å². The highest BCUT2D eigenvalue weighted by molar-refractivity contribution is 5.69. The van der Waals surface area contributed by atoms with E-state index in [1.165, 1.54) is 25.9 Å². The van der Waals surface area contributed by atoms with Crippen molar-refractivity contribution in [2.75, 3.05) is 32.7 Å². The van der Waals surface area contributed by atoms with Gasteiger partial charge in [0, 0.05) is 12.1 Å². The average molecular weight is 242 g/mol.